The summed E-state index contributed by atoms with van der Waals surface area (Å²) in [6.45, 7) is 3.30. The molecule has 20 heavy (non-hydrogen) atoms. The van der Waals surface area contributed by atoms with Gasteiger partial charge >= 0.3 is 0 Å². The number of rotatable bonds is 3. The molecule has 0 unspecified atom stereocenters. The van der Waals surface area contributed by atoms with Gasteiger partial charge in [0.1, 0.15) is 0 Å². The molecule has 1 aromatic heterocycles. The van der Waals surface area contributed by atoms with Crippen LogP contribution in [0.4, 0.5) is 0 Å². The van der Waals surface area contributed by atoms with Gasteiger partial charge in [0, 0.05) is 6.20 Å². The van der Waals surface area contributed by atoms with E-state index in [0.717, 1.165) is 30.6 Å². The summed E-state index contributed by atoms with van der Waals surface area (Å²) in [7, 11) is 2.00. The predicted octanol–water partition coefficient (Wildman–Crippen LogP) is 0.801. The highest BCUT2D eigenvalue weighted by Crippen LogP contribution is 2.14. The lowest BCUT2D eigenvalue weighted by molar-refractivity contribution is -0.125. The van der Waals surface area contributed by atoms with Gasteiger partial charge in [-0.15, -0.1) is 0 Å². The normalized spacial score (nSPS) is 18.0. The number of nitrogens with zero attached hydrogens (tertiary/aromatic N) is 2. The topological polar surface area (TPSA) is 82.5 Å². The Labute approximate surface area is 118 Å². The maximum atomic E-state index is 12.0. The average Bonchev–Trinajstić information content (AvgIpc) is 2.85. The Balaban J connectivity index is 0.000000612. The van der Waals surface area contributed by atoms with Crippen LogP contribution >= 0.6 is 0 Å². The molecule has 2 heterocycles. The number of hydrogen-bond donors (Lipinski definition) is 2. The number of aromatic nitrogens is 1. The minimum absolute atomic E-state index is 0.0408. The smallest absolute Gasteiger partial charge is 0.290 e. The standard InChI is InChI=1S/C13H19N3O.CH2O2/c1-10-5-3-7-14-11(10)9-15-13(17)12-6-4-8-16(12)2;2-1-3/h3,5,7,12H,4,6,8-9H2,1-2H3,(H,15,17);1H,(H,2,3)/t12-;/m0./s1. The molecule has 0 bridgehead atoms. The van der Waals surface area contributed by atoms with E-state index in [1.165, 1.54) is 0 Å². The molecule has 6 nitrogen and oxygen atoms in total. The second-order valence-electron chi connectivity index (χ2n) is 4.73. The van der Waals surface area contributed by atoms with E-state index in [4.69, 9.17) is 9.90 Å². The van der Waals surface area contributed by atoms with Crippen LogP contribution in [0.15, 0.2) is 18.3 Å². The van der Waals surface area contributed by atoms with Crippen molar-refractivity contribution < 1.29 is 14.7 Å². The van der Waals surface area contributed by atoms with E-state index in [0.29, 0.717) is 6.54 Å². The van der Waals surface area contributed by atoms with Crippen molar-refractivity contribution in [2.24, 2.45) is 0 Å². The van der Waals surface area contributed by atoms with Crippen molar-refractivity contribution in [3.63, 3.8) is 0 Å². The summed E-state index contributed by atoms with van der Waals surface area (Å²) in [5.41, 5.74) is 2.06. The zero-order chi connectivity index (χ0) is 15.0. The van der Waals surface area contributed by atoms with Gasteiger partial charge in [0.2, 0.25) is 5.91 Å². The van der Waals surface area contributed by atoms with Gasteiger partial charge in [0.15, 0.2) is 0 Å². The molecule has 1 saturated heterocycles. The van der Waals surface area contributed by atoms with Crippen molar-refractivity contribution in [2.75, 3.05) is 13.6 Å². The molecule has 2 N–H and O–H groups in total. The van der Waals surface area contributed by atoms with E-state index >= 15 is 0 Å². The van der Waals surface area contributed by atoms with Crippen LogP contribution in [0.25, 0.3) is 0 Å². The number of carbonyl (C=O) groups is 2. The fraction of sp³-hybridized carbons (Fsp3) is 0.500. The van der Waals surface area contributed by atoms with Crippen molar-refractivity contribution in [3.8, 4) is 0 Å². The van der Waals surface area contributed by atoms with E-state index in [1.54, 1.807) is 6.20 Å². The summed E-state index contributed by atoms with van der Waals surface area (Å²) in [4.78, 5) is 26.7. The number of carboxylic acid groups (broad SMARTS) is 1. The number of likely N-dealkylation sites (tertiary alicyclic amines) is 1. The van der Waals surface area contributed by atoms with E-state index in [1.807, 2.05) is 26.1 Å². The highest BCUT2D eigenvalue weighted by molar-refractivity contribution is 5.81. The van der Waals surface area contributed by atoms with Crippen LogP contribution in [0.2, 0.25) is 0 Å². The highest BCUT2D eigenvalue weighted by Gasteiger charge is 2.27. The first kappa shape index (κ1) is 16.1. The summed E-state index contributed by atoms with van der Waals surface area (Å²) in [5.74, 6) is 0.120. The molecule has 6 heteroatoms. The summed E-state index contributed by atoms with van der Waals surface area (Å²) >= 11 is 0. The van der Waals surface area contributed by atoms with E-state index in [2.05, 4.69) is 15.2 Å². The van der Waals surface area contributed by atoms with Crippen molar-refractivity contribution in [1.29, 1.82) is 0 Å². The number of pyridine rings is 1. The largest absolute Gasteiger partial charge is 0.483 e. The number of likely N-dealkylation sites (N-methyl/N-ethyl adjacent to an activating group) is 1. The third-order valence-electron chi connectivity index (χ3n) is 3.37. The zero-order valence-corrected chi connectivity index (χ0v) is 11.9. The van der Waals surface area contributed by atoms with Gasteiger partial charge in [0.05, 0.1) is 18.3 Å². The fourth-order valence-electron chi connectivity index (χ4n) is 2.23. The molecular weight excluding hydrogens is 258 g/mol. The molecule has 0 radical (unpaired) electrons. The van der Waals surface area contributed by atoms with Gasteiger partial charge in [-0.3, -0.25) is 19.5 Å². The highest BCUT2D eigenvalue weighted by atomic mass is 16.3. The van der Waals surface area contributed by atoms with Crippen molar-refractivity contribution in [1.82, 2.24) is 15.2 Å². The van der Waals surface area contributed by atoms with E-state index < -0.39 is 0 Å². The average molecular weight is 279 g/mol. The Morgan fingerprint density at radius 2 is 2.35 bits per heavy atom. The SMILES string of the molecule is Cc1cccnc1CNC(=O)[C@@H]1CCCN1C.O=CO. The number of hydrogen-bond acceptors (Lipinski definition) is 4. The minimum atomic E-state index is -0.250. The maximum Gasteiger partial charge on any atom is 0.290 e. The number of aryl methyl sites for hydroxylation is 1. The molecular formula is C14H21N3O3. The Hall–Kier alpha value is -1.95. The van der Waals surface area contributed by atoms with Crippen molar-refractivity contribution >= 4 is 12.4 Å². The first-order valence-corrected chi connectivity index (χ1v) is 6.56. The van der Waals surface area contributed by atoms with Crippen LogP contribution < -0.4 is 5.32 Å². The van der Waals surface area contributed by atoms with Crippen LogP contribution in [0.1, 0.15) is 24.1 Å². The molecule has 1 aliphatic heterocycles. The Morgan fingerprint density at radius 3 is 2.90 bits per heavy atom. The molecule has 0 aromatic carbocycles. The molecule has 0 spiro atoms. The Kier molecular flexibility index (Phi) is 6.66. The number of carbonyl (C=O) groups excluding carboxylic acids is 1. The summed E-state index contributed by atoms with van der Waals surface area (Å²) < 4.78 is 0. The second kappa shape index (κ2) is 8.27. The third-order valence-corrected chi connectivity index (χ3v) is 3.37. The molecule has 1 aliphatic rings. The lowest BCUT2D eigenvalue weighted by atomic mass is 10.2. The van der Waals surface area contributed by atoms with Crippen LogP contribution in [0.3, 0.4) is 0 Å². The predicted molar refractivity (Wildman–Crippen MR) is 75.2 cm³/mol. The number of nitrogens with one attached hydrogen (secondary N) is 1. The van der Waals surface area contributed by atoms with Gasteiger partial charge in [-0.05, 0) is 45.0 Å². The van der Waals surface area contributed by atoms with Gasteiger partial charge in [0.25, 0.3) is 6.47 Å². The summed E-state index contributed by atoms with van der Waals surface area (Å²) in [6, 6.07) is 3.96. The van der Waals surface area contributed by atoms with Crippen LogP contribution in [0.5, 0.6) is 0 Å². The molecule has 110 valence electrons. The van der Waals surface area contributed by atoms with E-state index in [-0.39, 0.29) is 18.4 Å². The first-order chi connectivity index (χ1) is 9.60. The third kappa shape index (κ3) is 4.62. The van der Waals surface area contributed by atoms with Crippen molar-refractivity contribution in [2.45, 2.75) is 32.4 Å². The van der Waals surface area contributed by atoms with Crippen molar-refractivity contribution in [3.05, 3.63) is 29.6 Å². The minimum Gasteiger partial charge on any atom is -0.483 e. The van der Waals surface area contributed by atoms with E-state index in [9.17, 15) is 4.79 Å². The summed E-state index contributed by atoms with van der Waals surface area (Å²) in [5, 5.41) is 9.86. The lowest BCUT2D eigenvalue weighted by Gasteiger charge is -2.18. The number of amides is 1. The van der Waals surface area contributed by atoms with Gasteiger partial charge in [-0.2, -0.15) is 0 Å². The molecule has 1 fully saturated rings. The molecule has 1 aromatic rings. The molecule has 2 rings (SSSR count). The Morgan fingerprint density at radius 1 is 1.65 bits per heavy atom. The molecule has 0 aliphatic carbocycles. The molecule has 1 amide bonds. The summed E-state index contributed by atoms with van der Waals surface area (Å²) in [6.07, 6.45) is 3.83. The Bertz CT molecular complexity index is 451. The maximum absolute atomic E-state index is 12.0. The van der Waals surface area contributed by atoms with Gasteiger partial charge in [-0.1, -0.05) is 6.07 Å². The van der Waals surface area contributed by atoms with Gasteiger partial charge < -0.3 is 10.4 Å². The van der Waals surface area contributed by atoms with Gasteiger partial charge in [-0.25, -0.2) is 0 Å². The monoisotopic (exact) mass is 279 g/mol. The van der Waals surface area contributed by atoms with Crippen LogP contribution in [0, 0.1) is 6.92 Å². The molecule has 1 atom stereocenters. The quantitative estimate of drug-likeness (QED) is 0.800. The second-order valence-corrected chi connectivity index (χ2v) is 4.73. The van der Waals surface area contributed by atoms with Crippen LogP contribution in [-0.4, -0.2) is 47.0 Å². The lowest BCUT2D eigenvalue weighted by Crippen LogP contribution is -2.41. The first-order valence-electron chi connectivity index (χ1n) is 6.56. The van der Waals surface area contributed by atoms with Crippen LogP contribution in [-0.2, 0) is 16.1 Å². The zero-order valence-electron chi connectivity index (χ0n) is 11.9. The molecule has 0 saturated carbocycles. The fourth-order valence-corrected chi connectivity index (χ4v) is 2.23.